The van der Waals surface area contributed by atoms with Crippen molar-refractivity contribution in [3.63, 3.8) is 0 Å². The quantitative estimate of drug-likeness (QED) is 0.878. The number of fused-ring (bicyclic) bond motifs is 1. The van der Waals surface area contributed by atoms with Gasteiger partial charge in [-0.05, 0) is 24.3 Å². The molecule has 0 saturated heterocycles. The van der Waals surface area contributed by atoms with Crippen molar-refractivity contribution >= 4 is 16.6 Å². The summed E-state index contributed by atoms with van der Waals surface area (Å²) < 4.78 is 40.5. The Morgan fingerprint density at radius 3 is 2.65 bits per heavy atom. The van der Waals surface area contributed by atoms with Crippen molar-refractivity contribution in [2.75, 3.05) is 12.4 Å². The molecule has 90 valence electrons. The molecule has 1 aromatic heterocycles. The lowest BCUT2D eigenvalue weighted by molar-refractivity contribution is -0.274. The van der Waals surface area contributed by atoms with E-state index in [1.54, 1.807) is 18.3 Å². The van der Waals surface area contributed by atoms with E-state index in [2.05, 4.69) is 15.0 Å². The van der Waals surface area contributed by atoms with Gasteiger partial charge in [-0.2, -0.15) is 0 Å². The number of nitrogens with zero attached hydrogens (tertiary/aromatic N) is 1. The minimum absolute atomic E-state index is 0.263. The average Bonchev–Trinajstić information content (AvgIpc) is 2.27. The van der Waals surface area contributed by atoms with Crippen LogP contribution < -0.4 is 10.1 Å². The zero-order chi connectivity index (χ0) is 12.5. The standard InChI is InChI=1S/C11H9F3N2O/c1-15-10-7-3-2-6-16-8(7)4-5-9(10)17-11(12,13)14/h2-6,15H,1H3. The summed E-state index contributed by atoms with van der Waals surface area (Å²) in [5.74, 6) is -0.263. The van der Waals surface area contributed by atoms with Crippen molar-refractivity contribution in [3.05, 3.63) is 30.5 Å². The van der Waals surface area contributed by atoms with Gasteiger partial charge in [-0.3, -0.25) is 4.98 Å². The topological polar surface area (TPSA) is 34.1 Å². The fraction of sp³-hybridized carbons (Fsp3) is 0.182. The van der Waals surface area contributed by atoms with E-state index in [1.807, 2.05) is 0 Å². The second-order valence-corrected chi connectivity index (χ2v) is 3.31. The smallest absolute Gasteiger partial charge is 0.404 e. The van der Waals surface area contributed by atoms with E-state index in [0.29, 0.717) is 10.9 Å². The number of anilines is 1. The lowest BCUT2D eigenvalue weighted by Crippen LogP contribution is -2.18. The first-order chi connectivity index (χ1) is 8.01. The number of pyridine rings is 1. The summed E-state index contributed by atoms with van der Waals surface area (Å²) in [4.78, 5) is 4.05. The Morgan fingerprint density at radius 2 is 2.00 bits per heavy atom. The number of aromatic nitrogens is 1. The van der Waals surface area contributed by atoms with Gasteiger partial charge in [0.15, 0.2) is 5.75 Å². The van der Waals surface area contributed by atoms with Crippen molar-refractivity contribution in [1.82, 2.24) is 4.98 Å². The number of ether oxygens (including phenoxy) is 1. The maximum atomic E-state index is 12.2. The molecule has 0 aliphatic rings. The zero-order valence-electron chi connectivity index (χ0n) is 8.88. The molecule has 0 aliphatic heterocycles. The third kappa shape index (κ3) is 2.41. The molecule has 0 spiro atoms. The molecule has 2 aromatic rings. The minimum atomic E-state index is -4.71. The molecule has 0 atom stereocenters. The van der Waals surface area contributed by atoms with Gasteiger partial charge >= 0.3 is 6.36 Å². The highest BCUT2D eigenvalue weighted by Gasteiger charge is 2.32. The van der Waals surface area contributed by atoms with Gasteiger partial charge in [0, 0.05) is 18.6 Å². The largest absolute Gasteiger partial charge is 0.573 e. The fourth-order valence-electron chi connectivity index (χ4n) is 1.60. The molecule has 0 aliphatic carbocycles. The molecule has 0 unspecified atom stereocenters. The Morgan fingerprint density at radius 1 is 1.24 bits per heavy atom. The van der Waals surface area contributed by atoms with Crippen molar-refractivity contribution in [3.8, 4) is 5.75 Å². The molecule has 0 bridgehead atoms. The van der Waals surface area contributed by atoms with E-state index in [0.717, 1.165) is 0 Å². The minimum Gasteiger partial charge on any atom is -0.404 e. The number of benzene rings is 1. The third-order valence-electron chi connectivity index (χ3n) is 2.22. The number of alkyl halides is 3. The van der Waals surface area contributed by atoms with Crippen LogP contribution >= 0.6 is 0 Å². The lowest BCUT2D eigenvalue weighted by Gasteiger charge is -2.14. The molecule has 0 saturated carbocycles. The van der Waals surface area contributed by atoms with E-state index in [-0.39, 0.29) is 11.4 Å². The monoisotopic (exact) mass is 242 g/mol. The first kappa shape index (κ1) is 11.5. The van der Waals surface area contributed by atoms with Crippen LogP contribution in [0.25, 0.3) is 10.9 Å². The fourth-order valence-corrected chi connectivity index (χ4v) is 1.60. The highest BCUT2D eigenvalue weighted by Crippen LogP contribution is 2.35. The number of halogens is 3. The van der Waals surface area contributed by atoms with Crippen molar-refractivity contribution in [2.45, 2.75) is 6.36 Å². The number of nitrogens with one attached hydrogen (secondary N) is 1. The number of rotatable bonds is 2. The normalized spacial score (nSPS) is 11.5. The van der Waals surface area contributed by atoms with Gasteiger partial charge in [-0.25, -0.2) is 0 Å². The lowest BCUT2D eigenvalue weighted by atomic mass is 10.1. The highest BCUT2D eigenvalue weighted by atomic mass is 19.4. The van der Waals surface area contributed by atoms with Gasteiger partial charge in [0.2, 0.25) is 0 Å². The number of hydrogen-bond acceptors (Lipinski definition) is 3. The molecule has 1 heterocycles. The predicted molar refractivity (Wildman–Crippen MR) is 58.0 cm³/mol. The first-order valence-electron chi connectivity index (χ1n) is 4.82. The Bertz CT molecular complexity index is 540. The maximum absolute atomic E-state index is 12.2. The molecule has 1 aromatic carbocycles. The molecule has 0 amide bonds. The van der Waals surface area contributed by atoms with E-state index in [1.165, 1.54) is 19.2 Å². The van der Waals surface area contributed by atoms with Crippen molar-refractivity contribution in [1.29, 1.82) is 0 Å². The summed E-state index contributed by atoms with van der Waals surface area (Å²) >= 11 is 0. The zero-order valence-corrected chi connectivity index (χ0v) is 8.88. The molecule has 17 heavy (non-hydrogen) atoms. The molecule has 2 rings (SSSR count). The van der Waals surface area contributed by atoms with Crippen LogP contribution in [0.2, 0.25) is 0 Å². The maximum Gasteiger partial charge on any atom is 0.573 e. The van der Waals surface area contributed by atoms with E-state index < -0.39 is 6.36 Å². The van der Waals surface area contributed by atoms with Crippen LogP contribution in [-0.2, 0) is 0 Å². The molecule has 0 fully saturated rings. The van der Waals surface area contributed by atoms with Gasteiger partial charge in [-0.15, -0.1) is 13.2 Å². The summed E-state index contributed by atoms with van der Waals surface area (Å²) in [7, 11) is 1.53. The van der Waals surface area contributed by atoms with Gasteiger partial charge in [0.1, 0.15) is 0 Å². The third-order valence-corrected chi connectivity index (χ3v) is 2.22. The van der Waals surface area contributed by atoms with E-state index in [4.69, 9.17) is 0 Å². The molecule has 0 radical (unpaired) electrons. The van der Waals surface area contributed by atoms with E-state index >= 15 is 0 Å². The van der Waals surface area contributed by atoms with E-state index in [9.17, 15) is 13.2 Å². The molecule has 6 heteroatoms. The van der Waals surface area contributed by atoms with Crippen molar-refractivity contribution in [2.24, 2.45) is 0 Å². The Balaban J connectivity index is 2.57. The summed E-state index contributed by atoms with van der Waals surface area (Å²) in [5.41, 5.74) is 0.874. The van der Waals surface area contributed by atoms with Crippen LogP contribution in [0.1, 0.15) is 0 Å². The van der Waals surface area contributed by atoms with Crippen LogP contribution in [0.3, 0.4) is 0 Å². The highest BCUT2D eigenvalue weighted by molar-refractivity contribution is 5.94. The Labute approximate surface area is 95.2 Å². The predicted octanol–water partition coefficient (Wildman–Crippen LogP) is 3.18. The van der Waals surface area contributed by atoms with Gasteiger partial charge in [-0.1, -0.05) is 0 Å². The van der Waals surface area contributed by atoms with Crippen LogP contribution in [0.4, 0.5) is 18.9 Å². The summed E-state index contributed by atoms with van der Waals surface area (Å²) in [5, 5.41) is 3.28. The second-order valence-electron chi connectivity index (χ2n) is 3.31. The first-order valence-corrected chi connectivity index (χ1v) is 4.82. The Hall–Kier alpha value is -1.98. The van der Waals surface area contributed by atoms with Gasteiger partial charge < -0.3 is 10.1 Å². The van der Waals surface area contributed by atoms with Crippen LogP contribution in [-0.4, -0.2) is 18.4 Å². The second kappa shape index (κ2) is 4.12. The summed E-state index contributed by atoms with van der Waals surface area (Å²) in [6.45, 7) is 0. The number of hydrogen-bond donors (Lipinski definition) is 1. The van der Waals surface area contributed by atoms with Crippen LogP contribution in [0, 0.1) is 0 Å². The van der Waals surface area contributed by atoms with Gasteiger partial charge in [0.05, 0.1) is 11.2 Å². The van der Waals surface area contributed by atoms with Crippen LogP contribution in [0.15, 0.2) is 30.5 Å². The molecular weight excluding hydrogens is 233 g/mol. The van der Waals surface area contributed by atoms with Crippen LogP contribution in [0.5, 0.6) is 5.75 Å². The SMILES string of the molecule is CNc1c(OC(F)(F)F)ccc2ncccc12. The van der Waals surface area contributed by atoms with Gasteiger partial charge in [0.25, 0.3) is 0 Å². The summed E-state index contributed by atoms with van der Waals surface area (Å²) in [6, 6.07) is 6.06. The molecular formula is C11H9F3N2O. The molecule has 1 N–H and O–H groups in total. The molecule has 3 nitrogen and oxygen atoms in total. The Kier molecular flexibility index (Phi) is 2.79. The van der Waals surface area contributed by atoms with Crippen molar-refractivity contribution < 1.29 is 17.9 Å². The average molecular weight is 242 g/mol. The summed E-state index contributed by atoms with van der Waals surface area (Å²) in [6.07, 6.45) is -3.13.